The molecular formula is C14H13FN4O3. The quantitative estimate of drug-likeness (QED) is 0.637. The van der Waals surface area contributed by atoms with E-state index < -0.39 is 10.7 Å². The Kier molecular flexibility index (Phi) is 3.92. The molecule has 1 aromatic carbocycles. The SMILES string of the molecule is O=[N+]([O-])c1ccc(-c2ncc(F)cn2)cc1N1CCOCC1. The van der Waals surface area contributed by atoms with Gasteiger partial charge < -0.3 is 9.64 Å². The molecule has 1 aliphatic rings. The molecule has 114 valence electrons. The Bertz CT molecular complexity index is 687. The maximum Gasteiger partial charge on any atom is 0.292 e. The van der Waals surface area contributed by atoms with Crippen molar-refractivity contribution >= 4 is 11.4 Å². The van der Waals surface area contributed by atoms with Gasteiger partial charge in [-0.1, -0.05) is 0 Å². The second-order valence-corrected chi connectivity index (χ2v) is 4.78. The number of nitro benzene ring substituents is 1. The highest BCUT2D eigenvalue weighted by atomic mass is 19.1. The molecule has 1 fully saturated rings. The molecule has 22 heavy (non-hydrogen) atoms. The maximum absolute atomic E-state index is 12.9. The molecular weight excluding hydrogens is 291 g/mol. The molecule has 0 saturated carbocycles. The number of hydrogen-bond acceptors (Lipinski definition) is 6. The molecule has 0 radical (unpaired) electrons. The van der Waals surface area contributed by atoms with E-state index in [0.717, 1.165) is 12.4 Å². The zero-order valence-electron chi connectivity index (χ0n) is 11.6. The molecule has 0 spiro atoms. The van der Waals surface area contributed by atoms with Gasteiger partial charge in [0, 0.05) is 24.7 Å². The van der Waals surface area contributed by atoms with Crippen LogP contribution in [0.3, 0.4) is 0 Å². The highest BCUT2D eigenvalue weighted by Gasteiger charge is 2.22. The zero-order chi connectivity index (χ0) is 15.5. The number of rotatable bonds is 3. The third kappa shape index (κ3) is 2.86. The van der Waals surface area contributed by atoms with E-state index in [1.807, 2.05) is 4.90 Å². The van der Waals surface area contributed by atoms with Gasteiger partial charge in [-0.05, 0) is 12.1 Å². The largest absolute Gasteiger partial charge is 0.378 e. The molecule has 0 aliphatic carbocycles. The fourth-order valence-electron chi connectivity index (χ4n) is 2.34. The molecule has 2 heterocycles. The van der Waals surface area contributed by atoms with Gasteiger partial charge in [0.2, 0.25) is 0 Å². The van der Waals surface area contributed by atoms with Crippen molar-refractivity contribution in [1.82, 2.24) is 9.97 Å². The van der Waals surface area contributed by atoms with Gasteiger partial charge in [-0.2, -0.15) is 0 Å². The van der Waals surface area contributed by atoms with Crippen molar-refractivity contribution < 1.29 is 14.1 Å². The van der Waals surface area contributed by atoms with E-state index in [1.165, 1.54) is 6.07 Å². The molecule has 3 rings (SSSR count). The third-order valence-electron chi connectivity index (χ3n) is 3.40. The van der Waals surface area contributed by atoms with E-state index in [4.69, 9.17) is 4.74 Å². The van der Waals surface area contributed by atoms with E-state index in [1.54, 1.807) is 12.1 Å². The number of morpholine rings is 1. The lowest BCUT2D eigenvalue weighted by atomic mass is 10.1. The maximum atomic E-state index is 12.9. The summed E-state index contributed by atoms with van der Waals surface area (Å²) in [6.07, 6.45) is 2.14. The van der Waals surface area contributed by atoms with Gasteiger partial charge in [0.15, 0.2) is 11.6 Å². The molecule has 1 saturated heterocycles. The van der Waals surface area contributed by atoms with Crippen LogP contribution in [0, 0.1) is 15.9 Å². The van der Waals surface area contributed by atoms with Gasteiger partial charge in [0.05, 0.1) is 30.5 Å². The minimum Gasteiger partial charge on any atom is -0.378 e. The Hall–Kier alpha value is -2.61. The van der Waals surface area contributed by atoms with Crippen LogP contribution in [0.4, 0.5) is 15.8 Å². The summed E-state index contributed by atoms with van der Waals surface area (Å²) in [5.41, 5.74) is 1.12. The molecule has 7 nitrogen and oxygen atoms in total. The van der Waals surface area contributed by atoms with Crippen LogP contribution in [0.1, 0.15) is 0 Å². The van der Waals surface area contributed by atoms with Crippen LogP contribution in [-0.2, 0) is 4.74 Å². The first-order valence-corrected chi connectivity index (χ1v) is 6.74. The van der Waals surface area contributed by atoms with Crippen molar-refractivity contribution in [3.05, 3.63) is 46.5 Å². The van der Waals surface area contributed by atoms with E-state index in [-0.39, 0.29) is 5.69 Å². The molecule has 0 bridgehead atoms. The summed E-state index contributed by atoms with van der Waals surface area (Å²) < 4.78 is 18.2. The molecule has 8 heteroatoms. The number of nitrogens with zero attached hydrogens (tertiary/aromatic N) is 4. The number of aromatic nitrogens is 2. The van der Waals surface area contributed by atoms with Crippen molar-refractivity contribution in [2.45, 2.75) is 0 Å². The molecule has 0 N–H and O–H groups in total. The lowest BCUT2D eigenvalue weighted by Gasteiger charge is -2.28. The fraction of sp³-hybridized carbons (Fsp3) is 0.286. The van der Waals surface area contributed by atoms with Crippen molar-refractivity contribution in [3.63, 3.8) is 0 Å². The average molecular weight is 304 g/mol. The predicted molar refractivity (Wildman–Crippen MR) is 77.1 cm³/mol. The average Bonchev–Trinajstić information content (AvgIpc) is 2.56. The first-order chi connectivity index (χ1) is 10.6. The van der Waals surface area contributed by atoms with Crippen molar-refractivity contribution in [2.75, 3.05) is 31.2 Å². The first kappa shape index (κ1) is 14.3. The topological polar surface area (TPSA) is 81.4 Å². The minimum atomic E-state index is -0.529. The van der Waals surface area contributed by atoms with Crippen molar-refractivity contribution in [1.29, 1.82) is 0 Å². The zero-order valence-corrected chi connectivity index (χ0v) is 11.6. The summed E-state index contributed by atoms with van der Waals surface area (Å²) in [7, 11) is 0. The van der Waals surface area contributed by atoms with Crippen molar-refractivity contribution in [2.24, 2.45) is 0 Å². The lowest BCUT2D eigenvalue weighted by Crippen LogP contribution is -2.36. The highest BCUT2D eigenvalue weighted by Crippen LogP contribution is 2.32. The second-order valence-electron chi connectivity index (χ2n) is 4.78. The van der Waals surface area contributed by atoms with E-state index in [9.17, 15) is 14.5 Å². The number of benzene rings is 1. The van der Waals surface area contributed by atoms with Crippen LogP contribution in [0.15, 0.2) is 30.6 Å². The number of halogens is 1. The molecule has 0 atom stereocenters. The predicted octanol–water partition coefficient (Wildman–Crippen LogP) is 2.03. The lowest BCUT2D eigenvalue weighted by molar-refractivity contribution is -0.384. The van der Waals surface area contributed by atoms with Crippen LogP contribution in [0.25, 0.3) is 11.4 Å². The highest BCUT2D eigenvalue weighted by molar-refractivity contribution is 5.72. The Morgan fingerprint density at radius 1 is 1.23 bits per heavy atom. The number of anilines is 1. The van der Waals surface area contributed by atoms with Crippen LogP contribution in [0.5, 0.6) is 0 Å². The van der Waals surface area contributed by atoms with Crippen LogP contribution in [0.2, 0.25) is 0 Å². The molecule has 0 amide bonds. The molecule has 2 aromatic rings. The van der Waals surface area contributed by atoms with Gasteiger partial charge in [-0.15, -0.1) is 0 Å². The number of nitro groups is 1. The standard InChI is InChI=1S/C14H13FN4O3/c15-11-8-16-14(17-9-11)10-1-2-12(19(20)21)13(7-10)18-3-5-22-6-4-18/h1-2,7-9H,3-6H2. The molecule has 1 aliphatic heterocycles. The van der Waals surface area contributed by atoms with Gasteiger partial charge in [0.1, 0.15) is 5.69 Å². The summed E-state index contributed by atoms with van der Waals surface area (Å²) in [6.45, 7) is 2.20. The van der Waals surface area contributed by atoms with Gasteiger partial charge in [-0.3, -0.25) is 10.1 Å². The summed E-state index contributed by atoms with van der Waals surface area (Å²) in [4.78, 5) is 20.5. The fourth-order valence-corrected chi connectivity index (χ4v) is 2.34. The van der Waals surface area contributed by atoms with Crippen LogP contribution in [-0.4, -0.2) is 41.2 Å². The monoisotopic (exact) mass is 304 g/mol. The Labute approximate surface area is 125 Å². The smallest absolute Gasteiger partial charge is 0.292 e. The second kappa shape index (κ2) is 6.02. The Morgan fingerprint density at radius 2 is 1.91 bits per heavy atom. The Morgan fingerprint density at radius 3 is 2.55 bits per heavy atom. The number of hydrogen-bond donors (Lipinski definition) is 0. The van der Waals surface area contributed by atoms with Crippen molar-refractivity contribution in [3.8, 4) is 11.4 Å². The minimum absolute atomic E-state index is 0.0211. The summed E-state index contributed by atoms with van der Waals surface area (Å²) in [6, 6.07) is 4.65. The third-order valence-corrected chi connectivity index (χ3v) is 3.40. The van der Waals surface area contributed by atoms with E-state index in [2.05, 4.69) is 9.97 Å². The summed E-state index contributed by atoms with van der Waals surface area (Å²) >= 11 is 0. The van der Waals surface area contributed by atoms with Gasteiger partial charge in [0.25, 0.3) is 5.69 Å². The van der Waals surface area contributed by atoms with Crippen LogP contribution < -0.4 is 4.90 Å². The normalized spacial score (nSPS) is 14.9. The Balaban J connectivity index is 2.02. The summed E-state index contributed by atoms with van der Waals surface area (Å²) in [5.74, 6) is -0.204. The molecule has 1 aromatic heterocycles. The van der Waals surface area contributed by atoms with E-state index >= 15 is 0 Å². The van der Waals surface area contributed by atoms with Gasteiger partial charge >= 0.3 is 0 Å². The molecule has 0 unspecified atom stereocenters. The van der Waals surface area contributed by atoms with Gasteiger partial charge in [-0.25, -0.2) is 14.4 Å². The number of ether oxygens (including phenoxy) is 1. The van der Waals surface area contributed by atoms with Crippen LogP contribution >= 0.6 is 0 Å². The van der Waals surface area contributed by atoms with E-state index in [0.29, 0.717) is 43.4 Å². The summed E-state index contributed by atoms with van der Waals surface area (Å²) in [5, 5.41) is 11.2. The first-order valence-electron chi connectivity index (χ1n) is 6.74.